The summed E-state index contributed by atoms with van der Waals surface area (Å²) in [6, 6.07) is 4.03. The van der Waals surface area contributed by atoms with Crippen LogP contribution in [0, 0.1) is 22.7 Å². The zero-order valence-corrected chi connectivity index (χ0v) is 7.84. The van der Waals surface area contributed by atoms with Crippen molar-refractivity contribution < 1.29 is 24.5 Å². The van der Waals surface area contributed by atoms with E-state index in [9.17, 15) is 9.59 Å². The first-order valence-corrected chi connectivity index (χ1v) is 3.92. The van der Waals surface area contributed by atoms with E-state index in [1.807, 2.05) is 12.1 Å². The quantitative estimate of drug-likeness (QED) is 0.416. The Morgan fingerprint density at radius 1 is 1.00 bits per heavy atom. The molecule has 0 aromatic rings. The molecule has 0 aliphatic rings. The standard InChI is InChI=1S/C6H8N2.C2H2O5/c7-5-3-1-2-4-6-8;3-1(4)7-2(5)6/h1-4H2;(H,3,4)(H,5,6). The summed E-state index contributed by atoms with van der Waals surface area (Å²) in [5, 5.41) is 31.0. The van der Waals surface area contributed by atoms with Gasteiger partial charge in [-0.05, 0) is 12.8 Å². The van der Waals surface area contributed by atoms with Gasteiger partial charge in [0, 0.05) is 12.8 Å². The zero-order valence-electron chi connectivity index (χ0n) is 7.84. The van der Waals surface area contributed by atoms with Crippen molar-refractivity contribution in [1.82, 2.24) is 0 Å². The molecule has 0 heterocycles. The van der Waals surface area contributed by atoms with E-state index in [1.165, 1.54) is 0 Å². The lowest BCUT2D eigenvalue weighted by atomic mass is 10.2. The SMILES string of the molecule is N#CCCCCC#N.O=C(O)OC(=O)O. The van der Waals surface area contributed by atoms with Gasteiger partial charge in [0.2, 0.25) is 0 Å². The Morgan fingerprint density at radius 2 is 1.33 bits per heavy atom. The summed E-state index contributed by atoms with van der Waals surface area (Å²) in [6.07, 6.45) is -0.725. The second kappa shape index (κ2) is 11.7. The van der Waals surface area contributed by atoms with Crippen LogP contribution in [-0.2, 0) is 4.74 Å². The molecule has 0 saturated carbocycles. The molecule has 0 unspecified atom stereocenters. The number of nitrogens with zero attached hydrogens (tertiary/aromatic N) is 2. The van der Waals surface area contributed by atoms with Crippen LogP contribution in [0.15, 0.2) is 0 Å². The fourth-order valence-corrected chi connectivity index (χ4v) is 0.483. The maximum absolute atomic E-state index is 9.21. The van der Waals surface area contributed by atoms with Crippen LogP contribution in [0.4, 0.5) is 9.59 Å². The van der Waals surface area contributed by atoms with Gasteiger partial charge < -0.3 is 14.9 Å². The maximum atomic E-state index is 9.21. The van der Waals surface area contributed by atoms with E-state index in [0.29, 0.717) is 12.8 Å². The molecule has 0 atom stereocenters. The molecule has 0 aromatic heterocycles. The summed E-state index contributed by atoms with van der Waals surface area (Å²) in [6.45, 7) is 0. The first kappa shape index (κ1) is 15.2. The molecule has 0 radical (unpaired) electrons. The molecule has 0 amide bonds. The molecule has 0 aromatic carbocycles. The molecule has 7 heteroatoms. The van der Waals surface area contributed by atoms with Gasteiger partial charge in [0.1, 0.15) is 0 Å². The molecule has 0 fully saturated rings. The first-order chi connectivity index (χ1) is 7.04. The Kier molecular flexibility index (Phi) is 11.9. The zero-order chi connectivity index (χ0) is 12.1. The molecule has 0 aliphatic heterocycles. The number of carbonyl (C=O) groups is 2. The van der Waals surface area contributed by atoms with Crippen LogP contribution in [0.25, 0.3) is 0 Å². The van der Waals surface area contributed by atoms with E-state index in [-0.39, 0.29) is 0 Å². The first-order valence-electron chi connectivity index (χ1n) is 3.92. The molecule has 0 aliphatic carbocycles. The van der Waals surface area contributed by atoms with Crippen LogP contribution in [-0.4, -0.2) is 22.5 Å². The Hall–Kier alpha value is -2.28. The van der Waals surface area contributed by atoms with Crippen molar-refractivity contribution in [1.29, 1.82) is 10.5 Å². The Balaban J connectivity index is 0. The number of rotatable bonds is 3. The van der Waals surface area contributed by atoms with E-state index < -0.39 is 12.3 Å². The van der Waals surface area contributed by atoms with Crippen molar-refractivity contribution in [3.63, 3.8) is 0 Å². The van der Waals surface area contributed by atoms with Gasteiger partial charge in [-0.2, -0.15) is 10.5 Å². The predicted molar refractivity (Wildman–Crippen MR) is 46.8 cm³/mol. The highest BCUT2D eigenvalue weighted by molar-refractivity contribution is 5.74. The fraction of sp³-hybridized carbons (Fsp3) is 0.500. The van der Waals surface area contributed by atoms with Crippen molar-refractivity contribution >= 4 is 12.3 Å². The van der Waals surface area contributed by atoms with Gasteiger partial charge in [0.15, 0.2) is 0 Å². The summed E-state index contributed by atoms with van der Waals surface area (Å²) in [4.78, 5) is 18.4. The van der Waals surface area contributed by atoms with Gasteiger partial charge in [0.25, 0.3) is 0 Å². The number of carboxylic acid groups (broad SMARTS) is 2. The molecule has 15 heavy (non-hydrogen) atoms. The molecule has 82 valence electrons. The second-order valence-electron chi connectivity index (χ2n) is 2.16. The van der Waals surface area contributed by atoms with Crippen LogP contribution in [0.5, 0.6) is 0 Å². The highest BCUT2D eigenvalue weighted by Crippen LogP contribution is 1.95. The van der Waals surface area contributed by atoms with E-state index in [4.69, 9.17) is 20.7 Å². The normalized spacial score (nSPS) is 7.33. The Labute approximate surface area is 86.1 Å². The lowest BCUT2D eigenvalue weighted by Crippen LogP contribution is -2.05. The van der Waals surface area contributed by atoms with Crippen LogP contribution in [0.1, 0.15) is 25.7 Å². The van der Waals surface area contributed by atoms with Gasteiger partial charge in [-0.25, -0.2) is 9.59 Å². The van der Waals surface area contributed by atoms with Crippen molar-refractivity contribution in [2.24, 2.45) is 0 Å². The topological polar surface area (TPSA) is 131 Å². The number of nitriles is 2. The van der Waals surface area contributed by atoms with E-state index in [1.54, 1.807) is 0 Å². The molecule has 2 N–H and O–H groups in total. The summed E-state index contributed by atoms with van der Waals surface area (Å²) in [7, 11) is 0. The number of hydrogen-bond donors (Lipinski definition) is 2. The monoisotopic (exact) mass is 214 g/mol. The van der Waals surface area contributed by atoms with Crippen LogP contribution in [0.2, 0.25) is 0 Å². The van der Waals surface area contributed by atoms with Crippen molar-refractivity contribution in [2.45, 2.75) is 25.7 Å². The number of unbranched alkanes of at least 4 members (excludes halogenated alkanes) is 3. The summed E-state index contributed by atoms with van der Waals surface area (Å²) < 4.78 is 3.08. The summed E-state index contributed by atoms with van der Waals surface area (Å²) in [5.41, 5.74) is 0. The third kappa shape index (κ3) is 24.5. The Bertz CT molecular complexity index is 248. The molecule has 7 nitrogen and oxygen atoms in total. The van der Waals surface area contributed by atoms with Gasteiger partial charge in [0.05, 0.1) is 12.1 Å². The third-order valence-corrected chi connectivity index (χ3v) is 1.00. The average Bonchev–Trinajstić information content (AvgIpc) is 2.11. The van der Waals surface area contributed by atoms with Crippen molar-refractivity contribution in [3.05, 3.63) is 0 Å². The lowest BCUT2D eigenvalue weighted by molar-refractivity contribution is 0.0802. The summed E-state index contributed by atoms with van der Waals surface area (Å²) in [5.74, 6) is 0. The maximum Gasteiger partial charge on any atom is 0.516 e. The molecule has 0 rings (SSSR count). The molecular weight excluding hydrogens is 204 g/mol. The summed E-state index contributed by atoms with van der Waals surface area (Å²) >= 11 is 0. The average molecular weight is 214 g/mol. The van der Waals surface area contributed by atoms with Crippen LogP contribution in [0.3, 0.4) is 0 Å². The molecular formula is C8H10N2O5. The minimum Gasteiger partial charge on any atom is -0.449 e. The predicted octanol–water partition coefficient (Wildman–Crippen LogP) is 1.95. The van der Waals surface area contributed by atoms with Gasteiger partial charge in [-0.1, -0.05) is 0 Å². The Morgan fingerprint density at radius 3 is 1.47 bits per heavy atom. The fourth-order valence-electron chi connectivity index (χ4n) is 0.483. The van der Waals surface area contributed by atoms with Gasteiger partial charge in [-0.3, -0.25) is 0 Å². The second-order valence-corrected chi connectivity index (χ2v) is 2.16. The highest BCUT2D eigenvalue weighted by atomic mass is 16.7. The largest absolute Gasteiger partial charge is 0.516 e. The number of ether oxygens (including phenoxy) is 1. The lowest BCUT2D eigenvalue weighted by Gasteiger charge is -1.84. The van der Waals surface area contributed by atoms with E-state index in [0.717, 1.165) is 12.8 Å². The minimum atomic E-state index is -1.81. The number of hydrogen-bond acceptors (Lipinski definition) is 5. The van der Waals surface area contributed by atoms with Crippen LogP contribution < -0.4 is 0 Å². The molecule has 0 spiro atoms. The highest BCUT2D eigenvalue weighted by Gasteiger charge is 2.01. The van der Waals surface area contributed by atoms with Gasteiger partial charge >= 0.3 is 12.3 Å². The third-order valence-electron chi connectivity index (χ3n) is 1.00. The van der Waals surface area contributed by atoms with E-state index in [2.05, 4.69) is 4.74 Å². The smallest absolute Gasteiger partial charge is 0.449 e. The minimum absolute atomic E-state index is 0.585. The molecule has 0 saturated heterocycles. The van der Waals surface area contributed by atoms with Gasteiger partial charge in [-0.15, -0.1) is 0 Å². The van der Waals surface area contributed by atoms with Crippen LogP contribution >= 0.6 is 0 Å². The molecule has 0 bridgehead atoms. The van der Waals surface area contributed by atoms with Crippen molar-refractivity contribution in [3.8, 4) is 12.1 Å². The van der Waals surface area contributed by atoms with E-state index >= 15 is 0 Å². The van der Waals surface area contributed by atoms with Crippen molar-refractivity contribution in [2.75, 3.05) is 0 Å².